The fourth-order valence-electron chi connectivity index (χ4n) is 1.42. The van der Waals surface area contributed by atoms with Gasteiger partial charge < -0.3 is 19.9 Å². The van der Waals surface area contributed by atoms with Crippen molar-refractivity contribution in [1.82, 2.24) is 0 Å². The fraction of sp³-hybridized carbons (Fsp3) is 0.200. The van der Waals surface area contributed by atoms with Gasteiger partial charge in [0, 0.05) is 5.57 Å². The van der Waals surface area contributed by atoms with Gasteiger partial charge in [-0.05, 0) is 11.5 Å². The molecule has 1 aromatic rings. The number of carbonyl (C=O) groups excluding carboxylic acids is 1. The Labute approximate surface area is 122 Å². The second-order valence-electron chi connectivity index (χ2n) is 4.11. The zero-order valence-corrected chi connectivity index (χ0v) is 11.5. The minimum atomic E-state index is -2.07. The van der Waals surface area contributed by atoms with Gasteiger partial charge in [-0.2, -0.15) is 0 Å². The van der Waals surface area contributed by atoms with Crippen molar-refractivity contribution in [2.45, 2.75) is 0 Å². The molecule has 0 amide bonds. The summed E-state index contributed by atoms with van der Waals surface area (Å²) in [4.78, 5) is 19.1. The van der Waals surface area contributed by atoms with Crippen LogP contribution < -0.4 is 10.0 Å². The quantitative estimate of drug-likeness (QED) is 0.549. The maximum Gasteiger partial charge on any atom is 0.351 e. The first-order valence-corrected chi connectivity index (χ1v) is 5.96. The number of aliphatic carboxylic acids is 2. The van der Waals surface area contributed by atoms with Crippen molar-refractivity contribution in [1.29, 1.82) is 0 Å². The lowest BCUT2D eigenvalue weighted by Gasteiger charge is -2.12. The molecule has 0 saturated carbocycles. The Morgan fingerprint density at radius 3 is 2.33 bits per heavy atom. The second-order valence-corrected chi connectivity index (χ2v) is 4.11. The Hall–Kier alpha value is -2.65. The van der Waals surface area contributed by atoms with Crippen LogP contribution in [-0.2, 0) is 9.59 Å². The summed E-state index contributed by atoms with van der Waals surface area (Å²) in [6.45, 7) is 1.20. The van der Waals surface area contributed by atoms with Gasteiger partial charge in [-0.25, -0.2) is 9.18 Å². The van der Waals surface area contributed by atoms with Crippen LogP contribution in [-0.4, -0.2) is 37.2 Å². The number of hydrogen-bond acceptors (Lipinski definition) is 3. The zero-order chi connectivity index (χ0) is 16.3. The SMILES string of the molecule is C#CC[NH+](C)C/C(=C/F)c1ccccc1.O=C([O-])C(=O)O. The van der Waals surface area contributed by atoms with Crippen LogP contribution in [0.5, 0.6) is 0 Å². The molecule has 1 unspecified atom stereocenters. The average molecular weight is 293 g/mol. The molecule has 5 nitrogen and oxygen atoms in total. The lowest BCUT2D eigenvalue weighted by molar-refractivity contribution is -0.863. The molecule has 0 heterocycles. The van der Waals surface area contributed by atoms with E-state index in [2.05, 4.69) is 5.92 Å². The molecule has 112 valence electrons. The summed E-state index contributed by atoms with van der Waals surface area (Å²) < 4.78 is 12.7. The van der Waals surface area contributed by atoms with E-state index in [0.29, 0.717) is 25.0 Å². The van der Waals surface area contributed by atoms with Crippen LogP contribution in [0, 0.1) is 12.3 Å². The normalized spacial score (nSPS) is 11.6. The molecule has 1 rings (SSSR count). The summed E-state index contributed by atoms with van der Waals surface area (Å²) in [7, 11) is 1.95. The fourth-order valence-corrected chi connectivity index (χ4v) is 1.42. The summed E-state index contributed by atoms with van der Waals surface area (Å²) in [5.74, 6) is -1.45. The molecule has 6 heteroatoms. The Bertz CT molecular complexity index is 522. The van der Waals surface area contributed by atoms with Gasteiger partial charge in [-0.1, -0.05) is 30.3 Å². The Morgan fingerprint density at radius 2 is 1.95 bits per heavy atom. The van der Waals surface area contributed by atoms with Gasteiger partial charge in [-0.3, -0.25) is 0 Å². The largest absolute Gasteiger partial charge is 0.539 e. The lowest BCUT2D eigenvalue weighted by atomic mass is 10.1. The van der Waals surface area contributed by atoms with Crippen LogP contribution in [0.3, 0.4) is 0 Å². The first kappa shape index (κ1) is 18.4. The highest BCUT2D eigenvalue weighted by Crippen LogP contribution is 2.11. The molecular formula is C15H16FNO4. The zero-order valence-electron chi connectivity index (χ0n) is 11.5. The number of terminal acetylenes is 1. The molecule has 0 aliphatic rings. The summed E-state index contributed by atoms with van der Waals surface area (Å²) in [6, 6.07) is 9.51. The average Bonchev–Trinajstić information content (AvgIpc) is 2.46. The van der Waals surface area contributed by atoms with Crippen molar-refractivity contribution >= 4 is 17.5 Å². The molecular weight excluding hydrogens is 277 g/mol. The molecule has 0 saturated heterocycles. The van der Waals surface area contributed by atoms with Gasteiger partial charge in [0.25, 0.3) is 0 Å². The molecule has 0 aliphatic carbocycles. The van der Waals surface area contributed by atoms with Crippen molar-refractivity contribution in [3.8, 4) is 12.3 Å². The lowest BCUT2D eigenvalue weighted by Crippen LogP contribution is -3.08. The topological polar surface area (TPSA) is 81.9 Å². The first-order valence-electron chi connectivity index (χ1n) is 5.96. The number of carboxylic acid groups (broad SMARTS) is 2. The summed E-state index contributed by atoms with van der Waals surface area (Å²) in [5, 5.41) is 16.3. The number of likely N-dealkylation sites (N-methyl/N-ethyl adjacent to an activating group) is 1. The Balaban J connectivity index is 0.000000567. The van der Waals surface area contributed by atoms with Gasteiger partial charge in [0.2, 0.25) is 0 Å². The molecule has 0 radical (unpaired) electrons. The van der Waals surface area contributed by atoms with E-state index in [1.807, 2.05) is 37.4 Å². The number of carboxylic acids is 2. The molecule has 1 atom stereocenters. The van der Waals surface area contributed by atoms with Crippen molar-refractivity contribution in [3.63, 3.8) is 0 Å². The van der Waals surface area contributed by atoms with Crippen molar-refractivity contribution in [2.75, 3.05) is 20.1 Å². The monoisotopic (exact) mass is 293 g/mol. The van der Waals surface area contributed by atoms with Gasteiger partial charge in [0.15, 0.2) is 5.97 Å². The maximum atomic E-state index is 12.7. The summed E-state index contributed by atoms with van der Waals surface area (Å²) >= 11 is 0. The minimum absolute atomic E-state index is 0.601. The van der Waals surface area contributed by atoms with Crippen LogP contribution in [0.25, 0.3) is 5.57 Å². The van der Waals surface area contributed by atoms with E-state index in [-0.39, 0.29) is 0 Å². The number of benzene rings is 1. The van der Waals surface area contributed by atoms with Crippen LogP contribution >= 0.6 is 0 Å². The predicted molar refractivity (Wildman–Crippen MR) is 73.6 cm³/mol. The number of hydrogen-bond donors (Lipinski definition) is 2. The van der Waals surface area contributed by atoms with E-state index in [0.717, 1.165) is 10.5 Å². The third kappa shape index (κ3) is 8.18. The van der Waals surface area contributed by atoms with Gasteiger partial charge in [-0.15, -0.1) is 6.42 Å². The molecule has 0 spiro atoms. The van der Waals surface area contributed by atoms with Gasteiger partial charge in [0.05, 0.1) is 13.4 Å². The highest BCUT2D eigenvalue weighted by Gasteiger charge is 2.07. The summed E-state index contributed by atoms with van der Waals surface area (Å²) in [5.41, 5.74) is 1.60. The molecule has 0 aromatic heterocycles. The maximum absolute atomic E-state index is 12.7. The number of carbonyl (C=O) groups is 2. The van der Waals surface area contributed by atoms with Gasteiger partial charge >= 0.3 is 5.97 Å². The molecule has 1 aromatic carbocycles. The van der Waals surface area contributed by atoms with E-state index in [9.17, 15) is 4.39 Å². The van der Waals surface area contributed by atoms with Crippen LogP contribution in [0.1, 0.15) is 5.56 Å². The highest BCUT2D eigenvalue weighted by molar-refractivity contribution is 6.26. The van der Waals surface area contributed by atoms with Crippen molar-refractivity contribution in [3.05, 3.63) is 42.2 Å². The van der Waals surface area contributed by atoms with E-state index >= 15 is 0 Å². The third-order valence-electron chi connectivity index (χ3n) is 2.35. The minimum Gasteiger partial charge on any atom is -0.539 e. The highest BCUT2D eigenvalue weighted by atomic mass is 19.1. The second kappa shape index (κ2) is 10.2. The molecule has 21 heavy (non-hydrogen) atoms. The smallest absolute Gasteiger partial charge is 0.351 e. The molecule has 0 fully saturated rings. The standard InChI is InChI=1S/C13H14FN.C2H2O4/c1-3-9-15(2)11-13(10-14)12-7-5-4-6-8-12;3-1(4)2(5)6/h1,4-8,10H,9,11H2,2H3;(H,3,4)(H,5,6)/b13-10-;. The number of quaternary nitrogens is 1. The first-order chi connectivity index (χ1) is 9.92. The Kier molecular flexibility index (Phi) is 8.89. The van der Waals surface area contributed by atoms with E-state index in [1.54, 1.807) is 0 Å². The molecule has 0 aliphatic heterocycles. The Morgan fingerprint density at radius 1 is 1.43 bits per heavy atom. The summed E-state index contributed by atoms with van der Waals surface area (Å²) in [6.07, 6.45) is 5.86. The van der Waals surface area contributed by atoms with Crippen LogP contribution in [0.4, 0.5) is 4.39 Å². The van der Waals surface area contributed by atoms with Gasteiger partial charge in [0.1, 0.15) is 13.1 Å². The van der Waals surface area contributed by atoms with E-state index in [1.165, 1.54) is 0 Å². The number of rotatable bonds is 4. The number of halogens is 1. The van der Waals surface area contributed by atoms with E-state index < -0.39 is 11.9 Å². The third-order valence-corrected chi connectivity index (χ3v) is 2.35. The molecule has 2 N–H and O–H groups in total. The van der Waals surface area contributed by atoms with E-state index in [4.69, 9.17) is 26.2 Å². The molecule has 0 bridgehead atoms. The van der Waals surface area contributed by atoms with Crippen molar-refractivity contribution < 1.29 is 29.1 Å². The van der Waals surface area contributed by atoms with Crippen LogP contribution in [0.2, 0.25) is 0 Å². The van der Waals surface area contributed by atoms with Crippen molar-refractivity contribution in [2.24, 2.45) is 0 Å². The number of nitrogens with one attached hydrogen (secondary N) is 1. The predicted octanol–water partition coefficient (Wildman–Crippen LogP) is -1.03. The van der Waals surface area contributed by atoms with Crippen LogP contribution in [0.15, 0.2) is 36.7 Å².